The SMILES string of the molecule is COC(=O)c1cncc(-c2cnn(C)n2)n1.COC(=O)c1cncc(-c2cnn(C)n2)n1. The van der Waals surface area contributed by atoms with E-state index in [-0.39, 0.29) is 11.4 Å². The van der Waals surface area contributed by atoms with Crippen LogP contribution in [0.3, 0.4) is 0 Å². The van der Waals surface area contributed by atoms with Crippen molar-refractivity contribution in [2.24, 2.45) is 14.1 Å². The van der Waals surface area contributed by atoms with Crippen LogP contribution in [0.4, 0.5) is 0 Å². The second kappa shape index (κ2) is 9.92. The maximum atomic E-state index is 11.2. The fourth-order valence-corrected chi connectivity index (χ4v) is 2.31. The molecule has 0 aromatic carbocycles. The lowest BCUT2D eigenvalue weighted by Gasteiger charge is -1.99. The molecule has 0 saturated heterocycles. The first-order chi connectivity index (χ1) is 15.4. The lowest BCUT2D eigenvalue weighted by Crippen LogP contribution is -2.05. The highest BCUT2D eigenvalue weighted by Gasteiger charge is 2.12. The number of aryl methyl sites for hydroxylation is 2. The highest BCUT2D eigenvalue weighted by molar-refractivity contribution is 5.87. The molecule has 0 bridgehead atoms. The first kappa shape index (κ1) is 22.1. The molecule has 4 aromatic heterocycles. The summed E-state index contributed by atoms with van der Waals surface area (Å²) < 4.78 is 9.10. The third kappa shape index (κ3) is 5.29. The average molecular weight is 438 g/mol. The van der Waals surface area contributed by atoms with Gasteiger partial charge in [0, 0.05) is 14.1 Å². The van der Waals surface area contributed by atoms with Crippen LogP contribution in [0.1, 0.15) is 21.0 Å². The van der Waals surface area contributed by atoms with E-state index >= 15 is 0 Å². The van der Waals surface area contributed by atoms with Gasteiger partial charge in [0.2, 0.25) is 0 Å². The number of carbonyl (C=O) groups is 2. The molecule has 14 nitrogen and oxygen atoms in total. The maximum Gasteiger partial charge on any atom is 0.358 e. The van der Waals surface area contributed by atoms with E-state index in [2.05, 4.69) is 49.8 Å². The number of esters is 2. The fraction of sp³-hybridized carbons (Fsp3) is 0.222. The number of carbonyl (C=O) groups excluding carboxylic acids is 2. The molecule has 0 spiro atoms. The summed E-state index contributed by atoms with van der Waals surface area (Å²) in [5.74, 6) is -1.06. The number of hydrogen-bond acceptors (Lipinski definition) is 12. The Kier molecular flexibility index (Phi) is 6.85. The summed E-state index contributed by atoms with van der Waals surface area (Å²) in [6.07, 6.45) is 8.79. The zero-order chi connectivity index (χ0) is 23.1. The molecule has 4 aromatic rings. The van der Waals surface area contributed by atoms with Crippen molar-refractivity contribution in [1.29, 1.82) is 0 Å². The van der Waals surface area contributed by atoms with E-state index in [1.165, 1.54) is 48.6 Å². The van der Waals surface area contributed by atoms with E-state index in [1.807, 2.05) is 0 Å². The number of rotatable bonds is 4. The number of methoxy groups -OCH3 is 2. The molecule has 0 aliphatic heterocycles. The van der Waals surface area contributed by atoms with Crippen LogP contribution >= 0.6 is 0 Å². The quantitative estimate of drug-likeness (QED) is 0.395. The van der Waals surface area contributed by atoms with Crippen molar-refractivity contribution >= 4 is 11.9 Å². The van der Waals surface area contributed by atoms with Gasteiger partial charge in [0.15, 0.2) is 11.4 Å². The third-order valence-electron chi connectivity index (χ3n) is 3.78. The Morgan fingerprint density at radius 2 is 1.06 bits per heavy atom. The highest BCUT2D eigenvalue weighted by Crippen LogP contribution is 2.12. The van der Waals surface area contributed by atoms with Crippen molar-refractivity contribution in [3.8, 4) is 22.8 Å². The van der Waals surface area contributed by atoms with Gasteiger partial charge >= 0.3 is 11.9 Å². The second-order valence-corrected chi connectivity index (χ2v) is 6.00. The minimum Gasteiger partial charge on any atom is -0.464 e. The van der Waals surface area contributed by atoms with Crippen LogP contribution in [0, 0.1) is 0 Å². The van der Waals surface area contributed by atoms with Crippen LogP contribution in [-0.4, -0.2) is 76.1 Å². The van der Waals surface area contributed by atoms with Crippen molar-refractivity contribution in [3.05, 3.63) is 48.6 Å². The molecule has 0 saturated carbocycles. The Bertz CT molecular complexity index is 1140. The van der Waals surface area contributed by atoms with Gasteiger partial charge in [0.1, 0.15) is 22.8 Å². The van der Waals surface area contributed by atoms with Gasteiger partial charge in [0.05, 0.1) is 51.4 Å². The molecule has 14 heteroatoms. The lowest BCUT2D eigenvalue weighted by molar-refractivity contribution is 0.0585. The minimum absolute atomic E-state index is 0.144. The van der Waals surface area contributed by atoms with Crippen molar-refractivity contribution in [1.82, 2.24) is 49.9 Å². The van der Waals surface area contributed by atoms with Crippen LogP contribution in [-0.2, 0) is 23.6 Å². The van der Waals surface area contributed by atoms with E-state index in [9.17, 15) is 9.59 Å². The molecule has 0 radical (unpaired) electrons. The Hall–Kier alpha value is -4.62. The predicted molar refractivity (Wildman–Crippen MR) is 107 cm³/mol. The van der Waals surface area contributed by atoms with E-state index < -0.39 is 11.9 Å². The molecule has 0 unspecified atom stereocenters. The van der Waals surface area contributed by atoms with Gasteiger partial charge in [-0.1, -0.05) is 0 Å². The van der Waals surface area contributed by atoms with Gasteiger partial charge in [-0.3, -0.25) is 9.97 Å². The first-order valence-electron chi connectivity index (χ1n) is 8.95. The number of ether oxygens (including phenoxy) is 2. The highest BCUT2D eigenvalue weighted by atomic mass is 16.5. The lowest BCUT2D eigenvalue weighted by atomic mass is 10.3. The van der Waals surface area contributed by atoms with E-state index in [1.54, 1.807) is 26.5 Å². The van der Waals surface area contributed by atoms with Crippen molar-refractivity contribution in [2.45, 2.75) is 0 Å². The summed E-state index contributed by atoms with van der Waals surface area (Å²) >= 11 is 0. The molecule has 4 heterocycles. The minimum atomic E-state index is -0.529. The zero-order valence-electron chi connectivity index (χ0n) is 17.6. The smallest absolute Gasteiger partial charge is 0.358 e. The van der Waals surface area contributed by atoms with Gasteiger partial charge in [-0.05, 0) is 0 Å². The molecule has 0 aliphatic rings. The normalized spacial score (nSPS) is 10.1. The molecule has 164 valence electrons. The Balaban J connectivity index is 0.000000181. The number of nitrogens with zero attached hydrogens (tertiary/aromatic N) is 10. The summed E-state index contributed by atoms with van der Waals surface area (Å²) in [4.78, 5) is 41.2. The fourth-order valence-electron chi connectivity index (χ4n) is 2.31. The summed E-state index contributed by atoms with van der Waals surface area (Å²) in [7, 11) is 5.97. The first-order valence-corrected chi connectivity index (χ1v) is 8.95. The van der Waals surface area contributed by atoms with Crippen LogP contribution < -0.4 is 0 Å². The number of hydrogen-bond donors (Lipinski definition) is 0. The third-order valence-corrected chi connectivity index (χ3v) is 3.78. The van der Waals surface area contributed by atoms with Crippen molar-refractivity contribution in [2.75, 3.05) is 14.2 Å². The summed E-state index contributed by atoms with van der Waals surface area (Å²) in [5.41, 5.74) is 2.37. The molecule has 0 N–H and O–H groups in total. The molecular weight excluding hydrogens is 420 g/mol. The summed E-state index contributed by atoms with van der Waals surface area (Å²) in [6, 6.07) is 0. The topological polar surface area (TPSA) is 166 Å². The standard InChI is InChI=1S/2C9H9N5O2/c2*1-14-11-5-7(13-14)6-3-10-4-8(12-6)9(15)16-2/h2*3-5H,1-2H3. The van der Waals surface area contributed by atoms with Crippen LogP contribution in [0.25, 0.3) is 22.8 Å². The van der Waals surface area contributed by atoms with Crippen molar-refractivity contribution in [3.63, 3.8) is 0 Å². The van der Waals surface area contributed by atoms with Gasteiger partial charge in [-0.25, -0.2) is 19.6 Å². The molecule has 4 rings (SSSR count). The van der Waals surface area contributed by atoms with Crippen LogP contribution in [0.15, 0.2) is 37.2 Å². The average Bonchev–Trinajstić information content (AvgIpc) is 3.47. The van der Waals surface area contributed by atoms with E-state index in [0.717, 1.165) is 0 Å². The van der Waals surface area contributed by atoms with E-state index in [0.29, 0.717) is 22.8 Å². The second-order valence-electron chi connectivity index (χ2n) is 6.00. The van der Waals surface area contributed by atoms with Gasteiger partial charge < -0.3 is 9.47 Å². The summed E-state index contributed by atoms with van der Waals surface area (Å²) in [5, 5.41) is 15.9. The summed E-state index contributed by atoms with van der Waals surface area (Å²) in [6.45, 7) is 0. The zero-order valence-corrected chi connectivity index (χ0v) is 17.6. The Morgan fingerprint density at radius 1 is 0.656 bits per heavy atom. The number of aromatic nitrogens is 10. The maximum absolute atomic E-state index is 11.2. The molecule has 0 fully saturated rings. The Labute approximate surface area is 181 Å². The van der Waals surface area contributed by atoms with E-state index in [4.69, 9.17) is 0 Å². The van der Waals surface area contributed by atoms with Crippen molar-refractivity contribution < 1.29 is 19.1 Å². The van der Waals surface area contributed by atoms with Gasteiger partial charge in [0.25, 0.3) is 0 Å². The largest absolute Gasteiger partial charge is 0.464 e. The monoisotopic (exact) mass is 438 g/mol. The predicted octanol–water partition coefficient (Wildman–Crippen LogP) is 0.117. The van der Waals surface area contributed by atoms with Gasteiger partial charge in [-0.2, -0.15) is 30.0 Å². The molecule has 0 amide bonds. The van der Waals surface area contributed by atoms with Crippen LogP contribution in [0.2, 0.25) is 0 Å². The molecule has 0 aliphatic carbocycles. The van der Waals surface area contributed by atoms with Crippen LogP contribution in [0.5, 0.6) is 0 Å². The van der Waals surface area contributed by atoms with Gasteiger partial charge in [-0.15, -0.1) is 0 Å². The molecular formula is C18H18N10O4. The molecule has 32 heavy (non-hydrogen) atoms. The molecule has 0 atom stereocenters. The Morgan fingerprint density at radius 3 is 1.38 bits per heavy atom.